The van der Waals surface area contributed by atoms with Crippen LogP contribution in [0.4, 0.5) is 0 Å². The lowest BCUT2D eigenvalue weighted by Crippen LogP contribution is -2.18. The van der Waals surface area contributed by atoms with E-state index in [2.05, 4.69) is 56.7 Å². The van der Waals surface area contributed by atoms with Gasteiger partial charge in [-0.25, -0.2) is 0 Å². The average molecular weight is 311 g/mol. The number of aromatic nitrogens is 1. The number of pyridine rings is 1. The van der Waals surface area contributed by atoms with E-state index in [1.807, 2.05) is 13.2 Å². The van der Waals surface area contributed by atoms with Crippen LogP contribution in [0.5, 0.6) is 0 Å². The average Bonchev–Trinajstić information content (AvgIpc) is 2.75. The number of nitrogens with zero attached hydrogens (tertiary/aromatic N) is 1. The van der Waals surface area contributed by atoms with Gasteiger partial charge >= 0.3 is 0 Å². The zero-order valence-corrected chi connectivity index (χ0v) is 12.3. The van der Waals surface area contributed by atoms with Crippen molar-refractivity contribution in [3.63, 3.8) is 0 Å². The van der Waals surface area contributed by atoms with E-state index in [4.69, 9.17) is 0 Å². The maximum atomic E-state index is 4.45. The fourth-order valence-electron chi connectivity index (χ4n) is 1.72. The van der Waals surface area contributed by atoms with Gasteiger partial charge in [-0.3, -0.25) is 4.98 Å². The van der Waals surface area contributed by atoms with Crippen molar-refractivity contribution in [2.75, 3.05) is 7.05 Å². The molecule has 2 heterocycles. The first kappa shape index (κ1) is 12.7. The largest absolute Gasteiger partial charge is 0.313 e. The summed E-state index contributed by atoms with van der Waals surface area (Å²) in [4.78, 5) is 4.45. The first-order chi connectivity index (χ1) is 8.19. The molecule has 1 unspecified atom stereocenters. The number of likely N-dealkylation sites (N-methyl/N-ethyl adjacent to an activating group) is 1. The first-order valence-electron chi connectivity index (χ1n) is 5.52. The summed E-state index contributed by atoms with van der Waals surface area (Å²) in [5.41, 5.74) is 3.64. The third-order valence-corrected chi connectivity index (χ3v) is 4.25. The van der Waals surface area contributed by atoms with Gasteiger partial charge in [0.05, 0.1) is 3.79 Å². The van der Waals surface area contributed by atoms with E-state index in [9.17, 15) is 0 Å². The van der Waals surface area contributed by atoms with Crippen LogP contribution in [0.3, 0.4) is 0 Å². The van der Waals surface area contributed by atoms with Crippen LogP contribution in [0.1, 0.15) is 22.9 Å². The minimum atomic E-state index is 0.327. The normalized spacial score (nSPS) is 12.6. The Bertz CT molecular complexity index is 478. The van der Waals surface area contributed by atoms with Crippen molar-refractivity contribution in [2.45, 2.75) is 19.4 Å². The Morgan fingerprint density at radius 1 is 1.47 bits per heavy atom. The predicted molar refractivity (Wildman–Crippen MR) is 76.5 cm³/mol. The molecule has 0 saturated carbocycles. The molecule has 0 aliphatic rings. The van der Waals surface area contributed by atoms with Gasteiger partial charge in [-0.05, 0) is 58.5 Å². The summed E-state index contributed by atoms with van der Waals surface area (Å²) >= 11 is 5.22. The second-order valence-electron chi connectivity index (χ2n) is 4.06. The summed E-state index contributed by atoms with van der Waals surface area (Å²) in [5.74, 6) is 0. The molecular weight excluding hydrogens is 296 g/mol. The number of hydrogen-bond donors (Lipinski definition) is 1. The molecular formula is C13H15BrN2S. The quantitative estimate of drug-likeness (QED) is 0.931. The van der Waals surface area contributed by atoms with Gasteiger partial charge in [0, 0.05) is 24.4 Å². The molecule has 90 valence electrons. The van der Waals surface area contributed by atoms with Crippen LogP contribution in [0.15, 0.2) is 33.6 Å². The molecule has 0 amide bonds. The Hall–Kier alpha value is -0.710. The van der Waals surface area contributed by atoms with Crippen molar-refractivity contribution in [1.82, 2.24) is 10.3 Å². The van der Waals surface area contributed by atoms with E-state index in [1.54, 1.807) is 11.3 Å². The van der Waals surface area contributed by atoms with Crippen molar-refractivity contribution in [3.8, 4) is 0 Å². The van der Waals surface area contributed by atoms with Gasteiger partial charge in [0.15, 0.2) is 0 Å². The van der Waals surface area contributed by atoms with Crippen LogP contribution in [-0.4, -0.2) is 12.0 Å². The van der Waals surface area contributed by atoms with Crippen molar-refractivity contribution in [2.24, 2.45) is 0 Å². The molecule has 0 spiro atoms. The highest BCUT2D eigenvalue weighted by Crippen LogP contribution is 2.26. The summed E-state index contributed by atoms with van der Waals surface area (Å²) in [6.45, 7) is 2.06. The zero-order valence-electron chi connectivity index (χ0n) is 9.90. The standard InChI is InChI=1S/C13H15BrN2S/c1-9-3-4-11(16-7-9)6-12(15-2)10-5-13(14)17-8-10/h3-5,7-8,12,15H,6H2,1-2H3. The van der Waals surface area contributed by atoms with Gasteiger partial charge in [-0.15, -0.1) is 11.3 Å². The van der Waals surface area contributed by atoms with Crippen molar-refractivity contribution in [3.05, 3.63) is 50.4 Å². The summed E-state index contributed by atoms with van der Waals surface area (Å²) in [6.07, 6.45) is 2.84. The van der Waals surface area contributed by atoms with E-state index >= 15 is 0 Å². The Labute approximate surface area is 114 Å². The molecule has 4 heteroatoms. The molecule has 2 aromatic heterocycles. The first-order valence-corrected chi connectivity index (χ1v) is 7.19. The SMILES string of the molecule is CNC(Cc1ccc(C)cn1)c1csc(Br)c1. The zero-order chi connectivity index (χ0) is 12.3. The Kier molecular flexibility index (Phi) is 4.31. The molecule has 2 aromatic rings. The number of hydrogen-bond acceptors (Lipinski definition) is 3. The van der Waals surface area contributed by atoms with Crippen LogP contribution in [0.25, 0.3) is 0 Å². The molecule has 0 bridgehead atoms. The molecule has 0 aromatic carbocycles. The number of rotatable bonds is 4. The summed E-state index contributed by atoms with van der Waals surface area (Å²) in [5, 5.41) is 5.52. The van der Waals surface area contributed by atoms with E-state index in [0.717, 1.165) is 12.1 Å². The Morgan fingerprint density at radius 3 is 2.82 bits per heavy atom. The van der Waals surface area contributed by atoms with E-state index < -0.39 is 0 Å². The van der Waals surface area contributed by atoms with Crippen LogP contribution >= 0.6 is 27.3 Å². The molecule has 1 N–H and O–H groups in total. The highest BCUT2D eigenvalue weighted by atomic mass is 79.9. The van der Waals surface area contributed by atoms with Crippen LogP contribution < -0.4 is 5.32 Å². The smallest absolute Gasteiger partial charge is 0.0701 e. The van der Waals surface area contributed by atoms with Gasteiger partial charge in [-0.1, -0.05) is 6.07 Å². The second-order valence-corrected chi connectivity index (χ2v) is 6.35. The van der Waals surface area contributed by atoms with Crippen molar-refractivity contribution >= 4 is 27.3 Å². The van der Waals surface area contributed by atoms with Crippen molar-refractivity contribution < 1.29 is 0 Å². The molecule has 0 aliphatic heterocycles. The van der Waals surface area contributed by atoms with Crippen LogP contribution in [0.2, 0.25) is 0 Å². The van der Waals surface area contributed by atoms with Gasteiger partial charge in [0.25, 0.3) is 0 Å². The molecule has 17 heavy (non-hydrogen) atoms. The third kappa shape index (κ3) is 3.37. The minimum absolute atomic E-state index is 0.327. The fourth-order valence-corrected chi connectivity index (χ4v) is 2.95. The monoisotopic (exact) mass is 310 g/mol. The molecule has 0 saturated heterocycles. The highest BCUT2D eigenvalue weighted by Gasteiger charge is 2.12. The maximum absolute atomic E-state index is 4.45. The topological polar surface area (TPSA) is 24.9 Å². The van der Waals surface area contributed by atoms with Gasteiger partial charge in [-0.2, -0.15) is 0 Å². The maximum Gasteiger partial charge on any atom is 0.0701 e. The lowest BCUT2D eigenvalue weighted by molar-refractivity contribution is 0.586. The van der Waals surface area contributed by atoms with Crippen LogP contribution in [0, 0.1) is 6.92 Å². The number of aryl methyl sites for hydroxylation is 1. The number of thiophene rings is 1. The molecule has 0 radical (unpaired) electrons. The second kappa shape index (κ2) is 5.76. The molecule has 0 fully saturated rings. The van der Waals surface area contributed by atoms with Crippen molar-refractivity contribution in [1.29, 1.82) is 0 Å². The van der Waals surface area contributed by atoms with Gasteiger partial charge < -0.3 is 5.32 Å². The molecule has 2 rings (SSSR count). The molecule has 1 atom stereocenters. The van der Waals surface area contributed by atoms with E-state index in [0.29, 0.717) is 6.04 Å². The minimum Gasteiger partial charge on any atom is -0.313 e. The predicted octanol–water partition coefficient (Wildman–Crippen LogP) is 3.72. The number of halogens is 1. The van der Waals surface area contributed by atoms with Crippen LogP contribution in [-0.2, 0) is 6.42 Å². The Morgan fingerprint density at radius 2 is 2.29 bits per heavy atom. The third-order valence-electron chi connectivity index (χ3n) is 2.72. The summed E-state index contributed by atoms with van der Waals surface area (Å²) in [7, 11) is 1.99. The summed E-state index contributed by atoms with van der Waals surface area (Å²) in [6, 6.07) is 6.70. The number of nitrogens with one attached hydrogen (secondary N) is 1. The van der Waals surface area contributed by atoms with E-state index in [1.165, 1.54) is 14.9 Å². The highest BCUT2D eigenvalue weighted by molar-refractivity contribution is 9.11. The molecule has 2 nitrogen and oxygen atoms in total. The fraction of sp³-hybridized carbons (Fsp3) is 0.308. The lowest BCUT2D eigenvalue weighted by atomic mass is 10.0. The summed E-state index contributed by atoms with van der Waals surface area (Å²) < 4.78 is 1.17. The van der Waals surface area contributed by atoms with Gasteiger partial charge in [0.2, 0.25) is 0 Å². The van der Waals surface area contributed by atoms with Gasteiger partial charge in [0.1, 0.15) is 0 Å². The van der Waals surface area contributed by atoms with E-state index in [-0.39, 0.29) is 0 Å². The Balaban J connectivity index is 2.12. The lowest BCUT2D eigenvalue weighted by Gasteiger charge is -2.14. The molecule has 0 aliphatic carbocycles.